The molecule has 0 unspecified atom stereocenters. The maximum Gasteiger partial charge on any atom is 0.136 e. The van der Waals surface area contributed by atoms with Crippen molar-refractivity contribution in [3.8, 4) is 0 Å². The SMILES string of the molecule is CNc1cc(N2CCC(C)(O)CC2)nc(C2CC2)n1. The molecule has 1 saturated carbocycles. The number of hydrogen-bond acceptors (Lipinski definition) is 5. The molecule has 2 aliphatic rings. The lowest BCUT2D eigenvalue weighted by molar-refractivity contribution is 0.0350. The number of piperidine rings is 1. The van der Waals surface area contributed by atoms with Crippen molar-refractivity contribution >= 4 is 11.6 Å². The van der Waals surface area contributed by atoms with Gasteiger partial charge in [-0.15, -0.1) is 0 Å². The van der Waals surface area contributed by atoms with Crippen molar-refractivity contribution in [3.05, 3.63) is 11.9 Å². The largest absolute Gasteiger partial charge is 0.390 e. The van der Waals surface area contributed by atoms with Gasteiger partial charge in [0.25, 0.3) is 0 Å². The Morgan fingerprint density at radius 3 is 2.58 bits per heavy atom. The van der Waals surface area contributed by atoms with Crippen LogP contribution in [-0.2, 0) is 0 Å². The molecule has 1 aromatic rings. The van der Waals surface area contributed by atoms with E-state index in [2.05, 4.69) is 15.2 Å². The predicted molar refractivity (Wildman–Crippen MR) is 75.6 cm³/mol. The molecule has 0 bridgehead atoms. The number of nitrogens with zero attached hydrogens (tertiary/aromatic N) is 3. The van der Waals surface area contributed by atoms with E-state index in [4.69, 9.17) is 4.98 Å². The molecule has 0 aromatic carbocycles. The van der Waals surface area contributed by atoms with Crippen molar-refractivity contribution in [2.45, 2.75) is 44.1 Å². The van der Waals surface area contributed by atoms with Crippen LogP contribution in [0.25, 0.3) is 0 Å². The fourth-order valence-corrected chi connectivity index (χ4v) is 2.48. The van der Waals surface area contributed by atoms with E-state index in [1.165, 1.54) is 12.8 Å². The Bertz CT molecular complexity index is 461. The van der Waals surface area contributed by atoms with Gasteiger partial charge in [0.2, 0.25) is 0 Å². The second-order valence-electron chi connectivity index (χ2n) is 5.98. The van der Waals surface area contributed by atoms with Crippen LogP contribution in [0.2, 0.25) is 0 Å². The summed E-state index contributed by atoms with van der Waals surface area (Å²) in [5, 5.41) is 13.1. The van der Waals surface area contributed by atoms with Crippen molar-refractivity contribution in [3.63, 3.8) is 0 Å². The summed E-state index contributed by atoms with van der Waals surface area (Å²) in [4.78, 5) is 11.5. The van der Waals surface area contributed by atoms with E-state index in [0.717, 1.165) is 43.4 Å². The first-order chi connectivity index (χ1) is 9.07. The topological polar surface area (TPSA) is 61.3 Å². The average molecular weight is 262 g/mol. The number of rotatable bonds is 3. The van der Waals surface area contributed by atoms with Crippen molar-refractivity contribution in [2.24, 2.45) is 0 Å². The molecule has 1 aliphatic carbocycles. The zero-order valence-electron chi connectivity index (χ0n) is 11.7. The number of nitrogens with one attached hydrogen (secondary N) is 1. The summed E-state index contributed by atoms with van der Waals surface area (Å²) < 4.78 is 0. The molecule has 0 atom stereocenters. The Balaban J connectivity index is 1.81. The third-order valence-electron chi connectivity index (χ3n) is 4.09. The summed E-state index contributed by atoms with van der Waals surface area (Å²) in [6, 6.07) is 2.01. The quantitative estimate of drug-likeness (QED) is 0.869. The Morgan fingerprint density at radius 2 is 2.00 bits per heavy atom. The van der Waals surface area contributed by atoms with Crippen LogP contribution in [0.15, 0.2) is 6.07 Å². The molecule has 1 saturated heterocycles. The highest BCUT2D eigenvalue weighted by molar-refractivity contribution is 5.50. The van der Waals surface area contributed by atoms with Gasteiger partial charge in [0.1, 0.15) is 17.5 Å². The molecule has 1 aromatic heterocycles. The minimum atomic E-state index is -0.519. The maximum atomic E-state index is 10.0. The lowest BCUT2D eigenvalue weighted by atomic mass is 9.94. The molecule has 104 valence electrons. The zero-order valence-corrected chi connectivity index (χ0v) is 11.7. The zero-order chi connectivity index (χ0) is 13.5. The molecule has 3 rings (SSSR count). The number of aliphatic hydroxyl groups is 1. The molecule has 0 radical (unpaired) electrons. The van der Waals surface area contributed by atoms with Gasteiger partial charge in [-0.3, -0.25) is 0 Å². The van der Waals surface area contributed by atoms with Gasteiger partial charge in [0.15, 0.2) is 0 Å². The summed E-state index contributed by atoms with van der Waals surface area (Å²) in [6.45, 7) is 3.63. The Morgan fingerprint density at radius 1 is 1.32 bits per heavy atom. The van der Waals surface area contributed by atoms with Crippen LogP contribution >= 0.6 is 0 Å². The fourth-order valence-electron chi connectivity index (χ4n) is 2.48. The Labute approximate surface area is 114 Å². The molecule has 1 aliphatic heterocycles. The van der Waals surface area contributed by atoms with Gasteiger partial charge in [0, 0.05) is 32.1 Å². The molecule has 2 N–H and O–H groups in total. The van der Waals surface area contributed by atoms with E-state index in [9.17, 15) is 5.11 Å². The second kappa shape index (κ2) is 4.63. The summed E-state index contributed by atoms with van der Waals surface area (Å²) in [5.41, 5.74) is -0.519. The number of aromatic nitrogens is 2. The molecule has 5 heteroatoms. The molecule has 0 amide bonds. The predicted octanol–water partition coefficient (Wildman–Crippen LogP) is 1.75. The average Bonchev–Trinajstić information content (AvgIpc) is 3.22. The minimum Gasteiger partial charge on any atom is -0.390 e. The van der Waals surface area contributed by atoms with Crippen LogP contribution < -0.4 is 10.2 Å². The van der Waals surface area contributed by atoms with Gasteiger partial charge < -0.3 is 15.3 Å². The van der Waals surface area contributed by atoms with Crippen LogP contribution in [0, 0.1) is 0 Å². The minimum absolute atomic E-state index is 0.519. The third-order valence-corrected chi connectivity index (χ3v) is 4.09. The molecule has 19 heavy (non-hydrogen) atoms. The van der Waals surface area contributed by atoms with Gasteiger partial charge in [-0.1, -0.05) is 0 Å². The van der Waals surface area contributed by atoms with E-state index >= 15 is 0 Å². The first-order valence-corrected chi connectivity index (χ1v) is 7.11. The van der Waals surface area contributed by atoms with Gasteiger partial charge in [-0.2, -0.15) is 0 Å². The monoisotopic (exact) mass is 262 g/mol. The van der Waals surface area contributed by atoms with E-state index in [1.54, 1.807) is 0 Å². The van der Waals surface area contributed by atoms with Gasteiger partial charge >= 0.3 is 0 Å². The van der Waals surface area contributed by atoms with Gasteiger partial charge in [-0.05, 0) is 32.6 Å². The van der Waals surface area contributed by atoms with Crippen LogP contribution in [0.4, 0.5) is 11.6 Å². The van der Waals surface area contributed by atoms with E-state index < -0.39 is 5.60 Å². The first-order valence-electron chi connectivity index (χ1n) is 7.11. The second-order valence-corrected chi connectivity index (χ2v) is 5.98. The van der Waals surface area contributed by atoms with Gasteiger partial charge in [0.05, 0.1) is 5.60 Å². The molecular weight excluding hydrogens is 240 g/mol. The van der Waals surface area contributed by atoms with Crippen molar-refractivity contribution in [2.75, 3.05) is 30.4 Å². The Hall–Kier alpha value is -1.36. The summed E-state index contributed by atoms with van der Waals surface area (Å²) in [6.07, 6.45) is 4.01. The maximum absolute atomic E-state index is 10.0. The molecule has 2 heterocycles. The fraction of sp³-hybridized carbons (Fsp3) is 0.714. The molecule has 5 nitrogen and oxygen atoms in total. The van der Waals surface area contributed by atoms with Crippen LogP contribution in [0.3, 0.4) is 0 Å². The van der Waals surface area contributed by atoms with E-state index in [0.29, 0.717) is 5.92 Å². The van der Waals surface area contributed by atoms with E-state index in [-0.39, 0.29) is 0 Å². The first kappa shape index (κ1) is 12.7. The lowest BCUT2D eigenvalue weighted by Crippen LogP contribution is -2.42. The number of anilines is 2. The van der Waals surface area contributed by atoms with Crippen molar-refractivity contribution in [1.82, 2.24) is 9.97 Å². The Kier molecular flexibility index (Phi) is 3.09. The highest BCUT2D eigenvalue weighted by atomic mass is 16.3. The summed E-state index contributed by atoms with van der Waals surface area (Å²) in [5.74, 6) is 3.42. The molecular formula is C14H22N4O. The molecule has 2 fully saturated rings. The van der Waals surface area contributed by atoms with Crippen LogP contribution in [0.5, 0.6) is 0 Å². The standard InChI is InChI=1S/C14H22N4O/c1-14(19)5-7-18(8-6-14)12-9-11(15-2)16-13(17-12)10-3-4-10/h9-10,19H,3-8H2,1-2H3,(H,15,16,17). The lowest BCUT2D eigenvalue weighted by Gasteiger charge is -2.36. The number of hydrogen-bond donors (Lipinski definition) is 2. The normalized spacial score (nSPS) is 22.4. The highest BCUT2D eigenvalue weighted by Crippen LogP contribution is 2.39. The summed E-state index contributed by atoms with van der Waals surface area (Å²) in [7, 11) is 1.89. The highest BCUT2D eigenvalue weighted by Gasteiger charge is 2.30. The van der Waals surface area contributed by atoms with Crippen molar-refractivity contribution in [1.29, 1.82) is 0 Å². The van der Waals surface area contributed by atoms with Gasteiger partial charge in [-0.25, -0.2) is 9.97 Å². The smallest absolute Gasteiger partial charge is 0.136 e. The molecule has 0 spiro atoms. The van der Waals surface area contributed by atoms with E-state index in [1.807, 2.05) is 20.0 Å². The van der Waals surface area contributed by atoms with Crippen LogP contribution in [0.1, 0.15) is 44.3 Å². The third kappa shape index (κ3) is 2.81. The van der Waals surface area contributed by atoms with Crippen molar-refractivity contribution < 1.29 is 5.11 Å². The van der Waals surface area contributed by atoms with Crippen LogP contribution in [-0.4, -0.2) is 40.8 Å². The summed E-state index contributed by atoms with van der Waals surface area (Å²) >= 11 is 0.